The second-order valence-electron chi connectivity index (χ2n) is 5.30. The number of aryl methyl sites for hydroxylation is 2. The summed E-state index contributed by atoms with van der Waals surface area (Å²) in [6.45, 7) is 2.32. The summed E-state index contributed by atoms with van der Waals surface area (Å²) in [4.78, 5) is 12.5. The molecule has 0 atom stereocenters. The molecule has 0 bridgehead atoms. The normalized spacial score (nSPS) is 18.6. The number of nitrogens with zero attached hydrogens (tertiary/aromatic N) is 2. The molecule has 1 fully saturated rings. The van der Waals surface area contributed by atoms with E-state index in [4.69, 9.17) is 5.73 Å². The van der Waals surface area contributed by atoms with Crippen LogP contribution in [-0.2, 0) is 11.8 Å². The SMILES string of the molecule is Cc1nn(C)cc1NC(=O)C1(CN)CCCCC1. The number of carbonyl (C=O) groups excluding carboxylic acids is 1. The Bertz CT molecular complexity index is 432. The first kappa shape index (κ1) is 13.1. The van der Waals surface area contributed by atoms with E-state index >= 15 is 0 Å². The summed E-state index contributed by atoms with van der Waals surface area (Å²) < 4.78 is 1.71. The molecule has 0 radical (unpaired) electrons. The first-order valence-electron chi connectivity index (χ1n) is 6.59. The topological polar surface area (TPSA) is 72.9 Å². The van der Waals surface area contributed by atoms with E-state index in [0.717, 1.165) is 37.1 Å². The zero-order valence-corrected chi connectivity index (χ0v) is 11.2. The monoisotopic (exact) mass is 250 g/mol. The molecule has 0 unspecified atom stereocenters. The van der Waals surface area contributed by atoms with Gasteiger partial charge in [-0.25, -0.2) is 0 Å². The molecule has 0 aliphatic heterocycles. The van der Waals surface area contributed by atoms with Gasteiger partial charge in [0.2, 0.25) is 5.91 Å². The standard InChI is InChI=1S/C13H22N4O/c1-10-11(8-17(2)16-10)15-12(18)13(9-14)6-4-3-5-7-13/h8H,3-7,9,14H2,1-2H3,(H,15,18). The second kappa shape index (κ2) is 5.10. The highest BCUT2D eigenvalue weighted by Crippen LogP contribution is 2.36. The van der Waals surface area contributed by atoms with Crippen LogP contribution in [0.4, 0.5) is 5.69 Å². The third-order valence-electron chi connectivity index (χ3n) is 3.94. The molecule has 1 saturated carbocycles. The summed E-state index contributed by atoms with van der Waals surface area (Å²) in [6.07, 6.45) is 7.03. The molecule has 100 valence electrons. The largest absolute Gasteiger partial charge is 0.329 e. The highest BCUT2D eigenvalue weighted by atomic mass is 16.2. The molecule has 1 aromatic rings. The summed E-state index contributed by atoms with van der Waals surface area (Å²) in [5.41, 5.74) is 7.11. The van der Waals surface area contributed by atoms with Crippen molar-refractivity contribution in [1.29, 1.82) is 0 Å². The van der Waals surface area contributed by atoms with Gasteiger partial charge in [0.05, 0.1) is 16.8 Å². The Morgan fingerprint density at radius 2 is 2.17 bits per heavy atom. The van der Waals surface area contributed by atoms with Gasteiger partial charge in [0.25, 0.3) is 0 Å². The van der Waals surface area contributed by atoms with Crippen LogP contribution in [0, 0.1) is 12.3 Å². The number of rotatable bonds is 3. The van der Waals surface area contributed by atoms with Crippen molar-refractivity contribution in [3.05, 3.63) is 11.9 Å². The predicted molar refractivity (Wildman–Crippen MR) is 71.1 cm³/mol. The fourth-order valence-electron chi connectivity index (χ4n) is 2.73. The smallest absolute Gasteiger partial charge is 0.231 e. The molecular weight excluding hydrogens is 228 g/mol. The van der Waals surface area contributed by atoms with Gasteiger partial charge in [0.1, 0.15) is 0 Å². The van der Waals surface area contributed by atoms with E-state index in [1.54, 1.807) is 4.68 Å². The number of amides is 1. The van der Waals surface area contributed by atoms with E-state index in [2.05, 4.69) is 10.4 Å². The number of aromatic nitrogens is 2. The summed E-state index contributed by atoms with van der Waals surface area (Å²) in [6, 6.07) is 0. The molecule has 18 heavy (non-hydrogen) atoms. The fourth-order valence-corrected chi connectivity index (χ4v) is 2.73. The first-order chi connectivity index (χ1) is 8.57. The summed E-state index contributed by atoms with van der Waals surface area (Å²) in [7, 11) is 1.85. The fraction of sp³-hybridized carbons (Fsp3) is 0.692. The van der Waals surface area contributed by atoms with Gasteiger partial charge in [-0.3, -0.25) is 9.48 Å². The van der Waals surface area contributed by atoms with Crippen molar-refractivity contribution >= 4 is 11.6 Å². The first-order valence-corrected chi connectivity index (χ1v) is 6.59. The number of hydrogen-bond acceptors (Lipinski definition) is 3. The lowest BCUT2D eigenvalue weighted by molar-refractivity contribution is -0.126. The van der Waals surface area contributed by atoms with E-state index in [-0.39, 0.29) is 11.3 Å². The number of hydrogen-bond donors (Lipinski definition) is 2. The zero-order chi connectivity index (χ0) is 13.2. The van der Waals surface area contributed by atoms with E-state index in [0.29, 0.717) is 6.54 Å². The summed E-state index contributed by atoms with van der Waals surface area (Å²) >= 11 is 0. The Balaban J connectivity index is 2.12. The molecule has 1 heterocycles. The molecular formula is C13H22N4O. The van der Waals surface area contributed by atoms with Crippen LogP contribution in [0.2, 0.25) is 0 Å². The molecule has 1 amide bonds. The van der Waals surface area contributed by atoms with Crippen LogP contribution in [0.25, 0.3) is 0 Å². The van der Waals surface area contributed by atoms with Crippen LogP contribution in [0.5, 0.6) is 0 Å². The molecule has 5 nitrogen and oxygen atoms in total. The van der Waals surface area contributed by atoms with E-state index in [9.17, 15) is 4.79 Å². The van der Waals surface area contributed by atoms with Crippen LogP contribution in [0.1, 0.15) is 37.8 Å². The Morgan fingerprint density at radius 1 is 1.50 bits per heavy atom. The average Bonchev–Trinajstić information content (AvgIpc) is 2.68. The van der Waals surface area contributed by atoms with Gasteiger partial charge in [-0.05, 0) is 19.8 Å². The lowest BCUT2D eigenvalue weighted by Crippen LogP contribution is -2.43. The van der Waals surface area contributed by atoms with Gasteiger partial charge in [-0.2, -0.15) is 5.10 Å². The Hall–Kier alpha value is -1.36. The van der Waals surface area contributed by atoms with Crippen LogP contribution in [-0.4, -0.2) is 22.2 Å². The zero-order valence-electron chi connectivity index (χ0n) is 11.2. The third kappa shape index (κ3) is 2.41. The van der Waals surface area contributed by atoms with Crippen LogP contribution >= 0.6 is 0 Å². The molecule has 0 aromatic carbocycles. The second-order valence-corrected chi connectivity index (χ2v) is 5.30. The van der Waals surface area contributed by atoms with E-state index < -0.39 is 0 Å². The van der Waals surface area contributed by atoms with Gasteiger partial charge in [-0.15, -0.1) is 0 Å². The van der Waals surface area contributed by atoms with Gasteiger partial charge >= 0.3 is 0 Å². The lowest BCUT2D eigenvalue weighted by Gasteiger charge is -2.34. The highest BCUT2D eigenvalue weighted by Gasteiger charge is 2.38. The molecule has 2 rings (SSSR count). The van der Waals surface area contributed by atoms with Crippen molar-refractivity contribution < 1.29 is 4.79 Å². The molecule has 1 aliphatic rings. The molecule has 1 aromatic heterocycles. The highest BCUT2D eigenvalue weighted by molar-refractivity contribution is 5.95. The number of carbonyl (C=O) groups is 1. The maximum Gasteiger partial charge on any atom is 0.231 e. The number of anilines is 1. The van der Waals surface area contributed by atoms with Crippen LogP contribution in [0.3, 0.4) is 0 Å². The lowest BCUT2D eigenvalue weighted by atomic mass is 9.73. The molecule has 3 N–H and O–H groups in total. The van der Waals surface area contributed by atoms with Crippen LogP contribution in [0.15, 0.2) is 6.20 Å². The van der Waals surface area contributed by atoms with Gasteiger partial charge in [0.15, 0.2) is 0 Å². The van der Waals surface area contributed by atoms with Crippen molar-refractivity contribution in [3.8, 4) is 0 Å². The average molecular weight is 250 g/mol. The van der Waals surface area contributed by atoms with Gasteiger partial charge < -0.3 is 11.1 Å². The van der Waals surface area contributed by atoms with Crippen LogP contribution < -0.4 is 11.1 Å². The molecule has 0 spiro atoms. The third-order valence-corrected chi connectivity index (χ3v) is 3.94. The van der Waals surface area contributed by atoms with Crippen molar-refractivity contribution in [3.63, 3.8) is 0 Å². The van der Waals surface area contributed by atoms with Crippen molar-refractivity contribution in [1.82, 2.24) is 9.78 Å². The number of nitrogens with two attached hydrogens (primary N) is 1. The quantitative estimate of drug-likeness (QED) is 0.855. The van der Waals surface area contributed by atoms with Gasteiger partial charge in [0, 0.05) is 19.8 Å². The van der Waals surface area contributed by atoms with Gasteiger partial charge in [-0.1, -0.05) is 19.3 Å². The van der Waals surface area contributed by atoms with E-state index in [1.807, 2.05) is 20.2 Å². The Morgan fingerprint density at radius 3 is 2.67 bits per heavy atom. The summed E-state index contributed by atoms with van der Waals surface area (Å²) in [5, 5.41) is 7.22. The van der Waals surface area contributed by atoms with Crippen molar-refractivity contribution in [2.45, 2.75) is 39.0 Å². The maximum absolute atomic E-state index is 12.5. The molecule has 0 saturated heterocycles. The van der Waals surface area contributed by atoms with E-state index in [1.165, 1.54) is 6.42 Å². The Kier molecular flexibility index (Phi) is 3.71. The Labute approximate surface area is 108 Å². The predicted octanol–water partition coefficient (Wildman–Crippen LogP) is 1.58. The minimum Gasteiger partial charge on any atom is -0.329 e. The minimum absolute atomic E-state index is 0.0563. The number of nitrogens with one attached hydrogen (secondary N) is 1. The van der Waals surface area contributed by atoms with Crippen molar-refractivity contribution in [2.75, 3.05) is 11.9 Å². The maximum atomic E-state index is 12.5. The minimum atomic E-state index is -0.374. The molecule has 5 heteroatoms. The summed E-state index contributed by atoms with van der Waals surface area (Å²) in [5.74, 6) is 0.0563. The van der Waals surface area contributed by atoms with Crippen molar-refractivity contribution in [2.24, 2.45) is 18.2 Å². The molecule has 1 aliphatic carbocycles.